The second kappa shape index (κ2) is 5.13. The van der Waals surface area contributed by atoms with Gasteiger partial charge in [0.1, 0.15) is 0 Å². The van der Waals surface area contributed by atoms with Gasteiger partial charge in [-0.25, -0.2) is 0 Å². The molecule has 2 heterocycles. The fraction of sp³-hybridized carbons (Fsp3) is 0.750. The summed E-state index contributed by atoms with van der Waals surface area (Å²) in [5, 5.41) is 8.66. The summed E-state index contributed by atoms with van der Waals surface area (Å²) in [6.07, 6.45) is 6.65. The van der Waals surface area contributed by atoms with Crippen molar-refractivity contribution >= 4 is 17.4 Å². The van der Waals surface area contributed by atoms with Gasteiger partial charge in [0.05, 0.1) is 11.9 Å². The van der Waals surface area contributed by atoms with Crippen LogP contribution in [0.5, 0.6) is 0 Å². The highest BCUT2D eigenvalue weighted by Crippen LogP contribution is 2.27. The Bertz CT molecular complexity index is 335. The van der Waals surface area contributed by atoms with E-state index in [1.165, 1.54) is 18.6 Å². The van der Waals surface area contributed by atoms with Crippen molar-refractivity contribution in [1.82, 2.24) is 9.78 Å². The highest BCUT2D eigenvalue weighted by molar-refractivity contribution is 8.00. The lowest BCUT2D eigenvalue weighted by molar-refractivity contribution is 0.532. The summed E-state index contributed by atoms with van der Waals surface area (Å²) in [6, 6.07) is 1.04. The standard InChI is InChI=1S/C12H21N3S/c1-9(2)15-8-11(7-13-15)14-12-5-4-6-16-10(12)3/h7-10,12,14H,4-6H2,1-3H3. The molecule has 1 fully saturated rings. The Morgan fingerprint density at radius 2 is 2.38 bits per heavy atom. The molecule has 1 aromatic heterocycles. The molecule has 0 radical (unpaired) electrons. The minimum Gasteiger partial charge on any atom is -0.379 e. The fourth-order valence-electron chi connectivity index (χ4n) is 2.02. The van der Waals surface area contributed by atoms with Crippen LogP contribution in [-0.4, -0.2) is 26.8 Å². The molecule has 2 unspecified atom stereocenters. The third kappa shape index (κ3) is 2.73. The van der Waals surface area contributed by atoms with Crippen LogP contribution >= 0.6 is 11.8 Å². The van der Waals surface area contributed by atoms with Crippen molar-refractivity contribution in [3.8, 4) is 0 Å². The molecule has 0 amide bonds. The maximum atomic E-state index is 4.35. The van der Waals surface area contributed by atoms with Crippen LogP contribution in [-0.2, 0) is 0 Å². The van der Waals surface area contributed by atoms with Crippen LogP contribution in [0.15, 0.2) is 12.4 Å². The summed E-state index contributed by atoms with van der Waals surface area (Å²) in [4.78, 5) is 0. The molecule has 1 aliphatic heterocycles. The van der Waals surface area contributed by atoms with Crippen LogP contribution in [0.1, 0.15) is 39.7 Å². The SMILES string of the molecule is CC1SCCCC1Nc1cnn(C(C)C)c1. The van der Waals surface area contributed by atoms with Gasteiger partial charge in [-0.15, -0.1) is 0 Å². The van der Waals surface area contributed by atoms with Gasteiger partial charge in [-0.05, 0) is 32.4 Å². The number of hydrogen-bond donors (Lipinski definition) is 1. The number of thioether (sulfide) groups is 1. The van der Waals surface area contributed by atoms with Crippen molar-refractivity contribution in [2.75, 3.05) is 11.1 Å². The Labute approximate surface area is 102 Å². The molecule has 1 aromatic rings. The van der Waals surface area contributed by atoms with Crippen LogP contribution in [0.3, 0.4) is 0 Å². The van der Waals surface area contributed by atoms with Gasteiger partial charge in [0.25, 0.3) is 0 Å². The minimum atomic E-state index is 0.439. The van der Waals surface area contributed by atoms with E-state index in [-0.39, 0.29) is 0 Å². The van der Waals surface area contributed by atoms with Gasteiger partial charge in [-0.2, -0.15) is 16.9 Å². The van der Waals surface area contributed by atoms with Crippen molar-refractivity contribution in [2.45, 2.75) is 50.9 Å². The summed E-state index contributed by atoms with van der Waals surface area (Å²) >= 11 is 2.07. The molecule has 1 aliphatic rings. The predicted molar refractivity (Wildman–Crippen MR) is 71.2 cm³/mol. The third-order valence-electron chi connectivity index (χ3n) is 3.09. The molecule has 0 bridgehead atoms. The van der Waals surface area contributed by atoms with E-state index in [0.717, 1.165) is 5.69 Å². The second-order valence-corrected chi connectivity index (χ2v) is 6.26. The largest absolute Gasteiger partial charge is 0.379 e. The smallest absolute Gasteiger partial charge is 0.0729 e. The molecule has 1 saturated heterocycles. The fourth-order valence-corrected chi connectivity index (χ4v) is 3.16. The van der Waals surface area contributed by atoms with Gasteiger partial charge in [0.15, 0.2) is 0 Å². The van der Waals surface area contributed by atoms with E-state index in [4.69, 9.17) is 0 Å². The number of nitrogens with one attached hydrogen (secondary N) is 1. The van der Waals surface area contributed by atoms with Gasteiger partial charge >= 0.3 is 0 Å². The summed E-state index contributed by atoms with van der Waals surface area (Å²) in [6.45, 7) is 6.61. The zero-order chi connectivity index (χ0) is 11.5. The van der Waals surface area contributed by atoms with Crippen molar-refractivity contribution < 1.29 is 0 Å². The lowest BCUT2D eigenvalue weighted by Crippen LogP contribution is -2.32. The zero-order valence-corrected chi connectivity index (χ0v) is 11.1. The minimum absolute atomic E-state index is 0.439. The van der Waals surface area contributed by atoms with Crippen molar-refractivity contribution in [3.05, 3.63) is 12.4 Å². The first kappa shape index (κ1) is 11.8. The average Bonchev–Trinajstić information content (AvgIpc) is 2.70. The van der Waals surface area contributed by atoms with E-state index in [9.17, 15) is 0 Å². The summed E-state index contributed by atoms with van der Waals surface area (Å²) in [7, 11) is 0. The highest BCUT2D eigenvalue weighted by atomic mass is 32.2. The quantitative estimate of drug-likeness (QED) is 0.878. The Balaban J connectivity index is 1.97. The molecule has 0 spiro atoms. The summed E-state index contributed by atoms with van der Waals surface area (Å²) < 4.78 is 2.00. The topological polar surface area (TPSA) is 29.9 Å². The Morgan fingerprint density at radius 3 is 3.00 bits per heavy atom. The molecule has 2 rings (SSSR count). The van der Waals surface area contributed by atoms with Gasteiger partial charge < -0.3 is 5.32 Å². The molecule has 0 saturated carbocycles. The van der Waals surface area contributed by atoms with E-state index < -0.39 is 0 Å². The Kier molecular flexibility index (Phi) is 3.79. The number of nitrogens with zero attached hydrogens (tertiary/aromatic N) is 2. The molecule has 1 N–H and O–H groups in total. The molecule has 0 aromatic carbocycles. The van der Waals surface area contributed by atoms with E-state index in [0.29, 0.717) is 17.3 Å². The highest BCUT2D eigenvalue weighted by Gasteiger charge is 2.21. The third-order valence-corrected chi connectivity index (χ3v) is 4.47. The molecular weight excluding hydrogens is 218 g/mol. The molecule has 16 heavy (non-hydrogen) atoms. The van der Waals surface area contributed by atoms with E-state index >= 15 is 0 Å². The van der Waals surface area contributed by atoms with Crippen LogP contribution < -0.4 is 5.32 Å². The molecule has 3 nitrogen and oxygen atoms in total. The number of aromatic nitrogens is 2. The van der Waals surface area contributed by atoms with E-state index in [2.05, 4.69) is 49.1 Å². The average molecular weight is 239 g/mol. The van der Waals surface area contributed by atoms with Crippen LogP contribution in [0.2, 0.25) is 0 Å². The second-order valence-electron chi connectivity index (χ2n) is 4.77. The van der Waals surface area contributed by atoms with Gasteiger partial charge in [0, 0.05) is 23.5 Å². The van der Waals surface area contributed by atoms with Gasteiger partial charge in [-0.1, -0.05) is 6.92 Å². The molecule has 2 atom stereocenters. The van der Waals surface area contributed by atoms with E-state index in [1.807, 2.05) is 10.9 Å². The molecule has 0 aliphatic carbocycles. The monoisotopic (exact) mass is 239 g/mol. The first-order valence-corrected chi connectivity index (χ1v) is 7.14. The lowest BCUT2D eigenvalue weighted by atomic mass is 10.1. The molecule has 4 heteroatoms. The van der Waals surface area contributed by atoms with Crippen LogP contribution in [0, 0.1) is 0 Å². The normalized spacial score (nSPS) is 26.0. The number of hydrogen-bond acceptors (Lipinski definition) is 3. The maximum absolute atomic E-state index is 4.35. The van der Waals surface area contributed by atoms with Crippen LogP contribution in [0.25, 0.3) is 0 Å². The van der Waals surface area contributed by atoms with Crippen molar-refractivity contribution in [2.24, 2.45) is 0 Å². The lowest BCUT2D eigenvalue weighted by Gasteiger charge is -2.29. The van der Waals surface area contributed by atoms with Gasteiger partial charge in [0.2, 0.25) is 0 Å². The number of rotatable bonds is 3. The molecular formula is C12H21N3S. The summed E-state index contributed by atoms with van der Waals surface area (Å²) in [5.41, 5.74) is 1.16. The number of anilines is 1. The first-order chi connectivity index (χ1) is 7.66. The first-order valence-electron chi connectivity index (χ1n) is 6.09. The zero-order valence-electron chi connectivity index (χ0n) is 10.3. The van der Waals surface area contributed by atoms with Gasteiger partial charge in [-0.3, -0.25) is 4.68 Å². The van der Waals surface area contributed by atoms with Crippen molar-refractivity contribution in [1.29, 1.82) is 0 Å². The Hall–Kier alpha value is -0.640. The predicted octanol–water partition coefficient (Wildman–Crippen LogP) is 3.16. The van der Waals surface area contributed by atoms with E-state index in [1.54, 1.807) is 0 Å². The van der Waals surface area contributed by atoms with Crippen LogP contribution in [0.4, 0.5) is 5.69 Å². The molecule has 90 valence electrons. The maximum Gasteiger partial charge on any atom is 0.0729 e. The van der Waals surface area contributed by atoms with Crippen molar-refractivity contribution in [3.63, 3.8) is 0 Å². The summed E-state index contributed by atoms with van der Waals surface area (Å²) in [5.74, 6) is 1.31. The Morgan fingerprint density at radius 1 is 1.56 bits per heavy atom.